The van der Waals surface area contributed by atoms with Gasteiger partial charge in [-0.3, -0.25) is 0 Å². The summed E-state index contributed by atoms with van der Waals surface area (Å²) in [6.07, 6.45) is -2.27. The fraction of sp³-hybridized carbons (Fsp3) is 0.857. The molecule has 1 saturated heterocycles. The number of carboxylic acid groups (broad SMARTS) is 1. The number of hydrogen-bond acceptors (Lipinski definition) is 4. The van der Waals surface area contributed by atoms with Crippen molar-refractivity contribution >= 4 is 43.7 Å². The van der Waals surface area contributed by atoms with E-state index in [-0.39, 0.29) is 44.3 Å². The molecule has 0 bridgehead atoms. The zero-order chi connectivity index (χ0) is 9.35. The first-order valence-corrected chi connectivity index (χ1v) is 3.65. The summed E-state index contributed by atoms with van der Waals surface area (Å²) in [4.78, 5) is 10.3. The number of aliphatic hydroxyl groups is 1. The maximum atomic E-state index is 10.3. The van der Waals surface area contributed by atoms with Gasteiger partial charge in [0.05, 0.1) is 6.61 Å². The second-order valence-electron chi connectivity index (χ2n) is 3.15. The Morgan fingerprint density at radius 1 is 1.62 bits per heavy atom. The first-order chi connectivity index (χ1) is 5.42. The predicted molar refractivity (Wildman–Crippen MR) is 47.1 cm³/mol. The van der Waals surface area contributed by atoms with Crippen molar-refractivity contribution < 1.29 is 24.5 Å². The number of carboxylic acids is 1. The Kier molecular flexibility index (Phi) is 5.14. The number of aliphatic carboxylic acids is 1. The van der Waals surface area contributed by atoms with Gasteiger partial charge in [0.1, 0.15) is 6.10 Å². The molecule has 1 rings (SSSR count). The molecule has 0 aromatic carbocycles. The molecule has 0 aliphatic carbocycles. The van der Waals surface area contributed by atoms with E-state index < -0.39 is 24.0 Å². The minimum atomic E-state index is -1.51. The second kappa shape index (κ2) is 4.91. The number of rotatable bonds is 2. The zero-order valence-corrected chi connectivity index (χ0v) is 6.98. The van der Waals surface area contributed by atoms with Gasteiger partial charge in [-0.25, -0.2) is 4.79 Å². The van der Waals surface area contributed by atoms with Gasteiger partial charge in [-0.2, -0.15) is 0 Å². The van der Waals surface area contributed by atoms with Crippen LogP contribution in [0.15, 0.2) is 0 Å². The topological polar surface area (TPSA) is 76.0 Å². The molecule has 1 aliphatic heterocycles. The summed E-state index contributed by atoms with van der Waals surface area (Å²) < 4.78 is 10.2. The van der Waals surface area contributed by atoms with Gasteiger partial charge in [0.2, 0.25) is 0 Å². The Morgan fingerprint density at radius 2 is 2.15 bits per heavy atom. The van der Waals surface area contributed by atoms with Crippen LogP contribution in [0.5, 0.6) is 0 Å². The summed E-state index contributed by atoms with van der Waals surface area (Å²) in [5, 5.41) is 17.5. The van der Waals surface area contributed by atoms with Crippen LogP contribution in [-0.4, -0.2) is 78.5 Å². The van der Waals surface area contributed by atoms with Crippen LogP contribution in [0.25, 0.3) is 0 Å². The van der Waals surface area contributed by atoms with Gasteiger partial charge in [0.15, 0.2) is 11.9 Å². The molecule has 0 radical (unpaired) electrons. The van der Waals surface area contributed by atoms with Gasteiger partial charge in [-0.15, -0.1) is 0 Å². The van der Waals surface area contributed by atoms with Crippen LogP contribution >= 0.6 is 0 Å². The molecule has 2 atom stereocenters. The van der Waals surface area contributed by atoms with Gasteiger partial charge >= 0.3 is 43.7 Å². The molecule has 6 heteroatoms. The maximum absolute atomic E-state index is 10.3. The Balaban J connectivity index is 0.00000144. The van der Waals surface area contributed by atoms with Gasteiger partial charge in [-0.05, 0) is 13.8 Å². The van der Waals surface area contributed by atoms with E-state index in [1.54, 1.807) is 13.8 Å². The van der Waals surface area contributed by atoms with Gasteiger partial charge in [0, 0.05) is 0 Å². The summed E-state index contributed by atoms with van der Waals surface area (Å²) in [6, 6.07) is 0. The van der Waals surface area contributed by atoms with Crippen LogP contribution in [0.4, 0.5) is 0 Å². The van der Waals surface area contributed by atoms with E-state index >= 15 is 0 Å². The Morgan fingerprint density at radius 3 is 2.46 bits per heavy atom. The minimum absolute atomic E-state index is 0. The standard InChI is InChI=1S/C7H12O5.Ca.2H/c1-7(2)11-3-4(12-7)5(8)6(9)10;;;/h4-5,8H,3H2,1-2H3,(H,9,10);;;/t4-,5+;;;/m0.../s1. The van der Waals surface area contributed by atoms with E-state index in [1.807, 2.05) is 0 Å². The van der Waals surface area contributed by atoms with Gasteiger partial charge in [0.25, 0.3) is 0 Å². The van der Waals surface area contributed by atoms with Crippen LogP contribution in [0.3, 0.4) is 0 Å². The van der Waals surface area contributed by atoms with Gasteiger partial charge < -0.3 is 19.7 Å². The third-order valence-corrected chi connectivity index (χ3v) is 1.64. The van der Waals surface area contributed by atoms with E-state index in [1.165, 1.54) is 0 Å². The normalized spacial score (nSPS) is 27.8. The van der Waals surface area contributed by atoms with Crippen molar-refractivity contribution in [2.45, 2.75) is 31.8 Å². The number of carbonyl (C=O) groups is 1. The van der Waals surface area contributed by atoms with Crippen LogP contribution in [-0.2, 0) is 14.3 Å². The molecule has 0 spiro atoms. The molecule has 0 unspecified atom stereocenters. The molecule has 2 N–H and O–H groups in total. The van der Waals surface area contributed by atoms with Crippen molar-refractivity contribution in [2.24, 2.45) is 0 Å². The van der Waals surface area contributed by atoms with Crippen molar-refractivity contribution in [3.05, 3.63) is 0 Å². The molecule has 0 amide bonds. The summed E-state index contributed by atoms with van der Waals surface area (Å²) >= 11 is 0. The summed E-state index contributed by atoms with van der Waals surface area (Å²) in [6.45, 7) is 3.45. The molecular weight excluding hydrogens is 204 g/mol. The van der Waals surface area contributed by atoms with Crippen LogP contribution < -0.4 is 0 Å². The summed E-state index contributed by atoms with van der Waals surface area (Å²) in [5.41, 5.74) is 0. The molecular formula is C7H14CaO5. The molecule has 5 nitrogen and oxygen atoms in total. The number of hydrogen-bond donors (Lipinski definition) is 2. The Bertz CT molecular complexity index is 193. The molecule has 13 heavy (non-hydrogen) atoms. The number of ether oxygens (including phenoxy) is 2. The Labute approximate surface area is 106 Å². The fourth-order valence-electron chi connectivity index (χ4n) is 1.03. The average Bonchev–Trinajstić information content (AvgIpc) is 2.28. The molecule has 0 aromatic heterocycles. The third-order valence-electron chi connectivity index (χ3n) is 1.64. The first-order valence-electron chi connectivity index (χ1n) is 3.65. The SMILES string of the molecule is CC1(C)OC[C@@H]([C@@H](O)C(=O)O)O1.[CaH2]. The quantitative estimate of drug-likeness (QED) is 0.561. The molecule has 0 aromatic rings. The van der Waals surface area contributed by atoms with E-state index in [2.05, 4.69) is 0 Å². The average molecular weight is 218 g/mol. The van der Waals surface area contributed by atoms with Crippen LogP contribution in [0.1, 0.15) is 13.8 Å². The zero-order valence-electron chi connectivity index (χ0n) is 6.98. The van der Waals surface area contributed by atoms with E-state index in [0.29, 0.717) is 0 Å². The van der Waals surface area contributed by atoms with Crippen molar-refractivity contribution in [1.82, 2.24) is 0 Å². The number of aliphatic hydroxyl groups excluding tert-OH is 1. The van der Waals surface area contributed by atoms with E-state index in [0.717, 1.165) is 0 Å². The molecule has 74 valence electrons. The van der Waals surface area contributed by atoms with E-state index in [4.69, 9.17) is 19.7 Å². The van der Waals surface area contributed by atoms with Crippen LogP contribution in [0.2, 0.25) is 0 Å². The molecule has 0 saturated carbocycles. The third kappa shape index (κ3) is 3.69. The van der Waals surface area contributed by atoms with Crippen molar-refractivity contribution in [3.8, 4) is 0 Å². The molecule has 1 heterocycles. The van der Waals surface area contributed by atoms with Crippen molar-refractivity contribution in [2.75, 3.05) is 6.61 Å². The van der Waals surface area contributed by atoms with Crippen molar-refractivity contribution in [3.63, 3.8) is 0 Å². The summed E-state index contributed by atoms with van der Waals surface area (Å²) in [5.74, 6) is -2.08. The molecule has 1 aliphatic rings. The fourth-order valence-corrected chi connectivity index (χ4v) is 1.03. The monoisotopic (exact) mass is 218 g/mol. The summed E-state index contributed by atoms with van der Waals surface area (Å²) in [7, 11) is 0. The van der Waals surface area contributed by atoms with Gasteiger partial charge in [-0.1, -0.05) is 0 Å². The first kappa shape index (κ1) is 13.6. The van der Waals surface area contributed by atoms with Crippen molar-refractivity contribution in [1.29, 1.82) is 0 Å². The Hall–Kier alpha value is 0.610. The second-order valence-corrected chi connectivity index (χ2v) is 3.15. The predicted octanol–water partition coefficient (Wildman–Crippen LogP) is -1.33. The van der Waals surface area contributed by atoms with E-state index in [9.17, 15) is 4.79 Å². The van der Waals surface area contributed by atoms with Crippen LogP contribution in [0, 0.1) is 0 Å². The molecule has 1 fully saturated rings.